The molecule has 58 valence electrons. The van der Waals surface area contributed by atoms with Gasteiger partial charge in [-0.1, -0.05) is 29.3 Å². The molecule has 1 rings (SSSR count). The molecule has 0 heterocycles. The summed E-state index contributed by atoms with van der Waals surface area (Å²) in [6.45, 7) is 3.81. The minimum Gasteiger partial charge on any atom is -0.242 e. The van der Waals surface area contributed by atoms with Crippen LogP contribution in [-0.2, 0) is 0 Å². The van der Waals surface area contributed by atoms with Crippen LogP contribution in [0.5, 0.6) is 0 Å². The van der Waals surface area contributed by atoms with Crippen molar-refractivity contribution in [3.05, 3.63) is 29.8 Å². The van der Waals surface area contributed by atoms with Crippen LogP contribution in [0.3, 0.4) is 0 Å². The first-order valence-electron chi connectivity index (χ1n) is 3.46. The molecule has 0 N–H and O–H groups in total. The van der Waals surface area contributed by atoms with Crippen molar-refractivity contribution in [3.63, 3.8) is 0 Å². The molecule has 0 bridgehead atoms. The average Bonchev–Trinajstić information content (AvgIpc) is 1.93. The first-order valence-corrected chi connectivity index (χ1v) is 3.84. The Hall–Kier alpha value is -0.820. The molecule has 0 saturated carbocycles. The fourth-order valence-corrected chi connectivity index (χ4v) is 0.895. The van der Waals surface area contributed by atoms with Gasteiger partial charge in [-0.25, -0.2) is 4.99 Å². The molecule has 0 aliphatic carbocycles. The van der Waals surface area contributed by atoms with E-state index in [1.165, 1.54) is 5.56 Å². The van der Waals surface area contributed by atoms with Crippen molar-refractivity contribution in [2.24, 2.45) is 4.99 Å². The maximum absolute atomic E-state index is 5.60. The van der Waals surface area contributed by atoms with E-state index >= 15 is 0 Å². The Morgan fingerprint density at radius 3 is 2.27 bits per heavy atom. The maximum Gasteiger partial charge on any atom is 0.103 e. The second-order valence-corrected chi connectivity index (χ2v) is 2.99. The lowest BCUT2D eigenvalue weighted by atomic mass is 10.2. The van der Waals surface area contributed by atoms with Gasteiger partial charge in [0.1, 0.15) is 5.17 Å². The monoisotopic (exact) mass is 167 g/mol. The van der Waals surface area contributed by atoms with Crippen molar-refractivity contribution in [2.75, 3.05) is 0 Å². The summed E-state index contributed by atoms with van der Waals surface area (Å²) in [5.41, 5.74) is 2.14. The number of rotatable bonds is 1. The SMILES string of the molecule is CC(Cl)=Nc1ccc(C)cc1. The van der Waals surface area contributed by atoms with Crippen molar-refractivity contribution in [1.29, 1.82) is 0 Å². The van der Waals surface area contributed by atoms with E-state index in [1.54, 1.807) is 6.92 Å². The Morgan fingerprint density at radius 2 is 1.82 bits per heavy atom. The Morgan fingerprint density at radius 1 is 1.27 bits per heavy atom. The third-order valence-corrected chi connectivity index (χ3v) is 1.40. The molecule has 1 nitrogen and oxygen atoms in total. The van der Waals surface area contributed by atoms with Gasteiger partial charge >= 0.3 is 0 Å². The highest BCUT2D eigenvalue weighted by Gasteiger charge is 1.88. The van der Waals surface area contributed by atoms with Gasteiger partial charge in [-0.2, -0.15) is 0 Å². The first-order chi connectivity index (χ1) is 5.18. The highest BCUT2D eigenvalue weighted by Crippen LogP contribution is 2.13. The van der Waals surface area contributed by atoms with Crippen molar-refractivity contribution in [3.8, 4) is 0 Å². The summed E-state index contributed by atoms with van der Waals surface area (Å²) < 4.78 is 0. The molecule has 0 saturated heterocycles. The van der Waals surface area contributed by atoms with Gasteiger partial charge in [0.15, 0.2) is 0 Å². The van der Waals surface area contributed by atoms with Gasteiger partial charge in [0.05, 0.1) is 5.69 Å². The zero-order chi connectivity index (χ0) is 8.27. The number of benzene rings is 1. The Labute approximate surface area is 71.7 Å². The lowest BCUT2D eigenvalue weighted by Crippen LogP contribution is -1.74. The van der Waals surface area contributed by atoms with Crippen LogP contribution >= 0.6 is 11.6 Å². The van der Waals surface area contributed by atoms with Crippen LogP contribution in [0.4, 0.5) is 5.69 Å². The van der Waals surface area contributed by atoms with Gasteiger partial charge < -0.3 is 0 Å². The molecule has 0 aromatic heterocycles. The Balaban J connectivity index is 2.91. The number of aliphatic imine (C=N–C) groups is 1. The molecule has 1 aromatic carbocycles. The summed E-state index contributed by atoms with van der Waals surface area (Å²) in [5.74, 6) is 0. The molecule has 1 aromatic rings. The zero-order valence-electron chi connectivity index (χ0n) is 6.63. The molecular formula is C9H10ClN. The van der Waals surface area contributed by atoms with Crippen LogP contribution in [0.25, 0.3) is 0 Å². The number of nitrogens with zero attached hydrogens (tertiary/aromatic N) is 1. The number of halogens is 1. The second-order valence-electron chi connectivity index (χ2n) is 2.44. The normalized spacial score (nSPS) is 11.7. The lowest BCUT2D eigenvalue weighted by Gasteiger charge is -1.93. The molecule has 0 fully saturated rings. The van der Waals surface area contributed by atoms with Gasteiger partial charge in [0.2, 0.25) is 0 Å². The molecule has 0 atom stereocenters. The molecule has 0 radical (unpaired) electrons. The zero-order valence-corrected chi connectivity index (χ0v) is 7.39. The fraction of sp³-hybridized carbons (Fsp3) is 0.222. The number of hydrogen-bond donors (Lipinski definition) is 0. The minimum atomic E-state index is 0.564. The topological polar surface area (TPSA) is 12.4 Å². The van der Waals surface area contributed by atoms with E-state index < -0.39 is 0 Å². The van der Waals surface area contributed by atoms with Crippen LogP contribution in [0.15, 0.2) is 29.3 Å². The largest absolute Gasteiger partial charge is 0.242 e. The number of hydrogen-bond acceptors (Lipinski definition) is 1. The molecule has 0 aliphatic heterocycles. The van der Waals surface area contributed by atoms with Crippen molar-refractivity contribution >= 4 is 22.5 Å². The molecule has 11 heavy (non-hydrogen) atoms. The Kier molecular flexibility index (Phi) is 2.66. The van der Waals surface area contributed by atoms with Crippen molar-refractivity contribution in [1.82, 2.24) is 0 Å². The maximum atomic E-state index is 5.60. The molecular weight excluding hydrogens is 158 g/mol. The van der Waals surface area contributed by atoms with Gasteiger partial charge in [-0.05, 0) is 26.0 Å². The summed E-state index contributed by atoms with van der Waals surface area (Å²) in [4.78, 5) is 4.08. The predicted molar refractivity (Wildman–Crippen MR) is 49.8 cm³/mol. The lowest BCUT2D eigenvalue weighted by molar-refractivity contribution is 1.43. The fourth-order valence-electron chi connectivity index (χ4n) is 0.797. The van der Waals surface area contributed by atoms with E-state index in [-0.39, 0.29) is 0 Å². The van der Waals surface area contributed by atoms with E-state index in [1.807, 2.05) is 31.2 Å². The van der Waals surface area contributed by atoms with E-state index in [0.29, 0.717) is 5.17 Å². The van der Waals surface area contributed by atoms with Crippen LogP contribution in [0.2, 0.25) is 0 Å². The summed E-state index contributed by atoms with van der Waals surface area (Å²) in [5, 5.41) is 0.564. The summed E-state index contributed by atoms with van der Waals surface area (Å²) in [6.07, 6.45) is 0. The predicted octanol–water partition coefficient (Wildman–Crippen LogP) is 3.28. The van der Waals surface area contributed by atoms with Crippen LogP contribution in [0.1, 0.15) is 12.5 Å². The van der Waals surface area contributed by atoms with Crippen molar-refractivity contribution in [2.45, 2.75) is 13.8 Å². The molecule has 0 spiro atoms. The third-order valence-electron chi connectivity index (χ3n) is 1.32. The minimum absolute atomic E-state index is 0.564. The van der Waals surface area contributed by atoms with E-state index in [2.05, 4.69) is 4.99 Å². The van der Waals surface area contributed by atoms with E-state index in [9.17, 15) is 0 Å². The number of aryl methyl sites for hydroxylation is 1. The summed E-state index contributed by atoms with van der Waals surface area (Å²) in [6, 6.07) is 7.92. The quantitative estimate of drug-likeness (QED) is 0.570. The summed E-state index contributed by atoms with van der Waals surface area (Å²) >= 11 is 5.60. The van der Waals surface area contributed by atoms with Gasteiger partial charge in [-0.15, -0.1) is 0 Å². The second kappa shape index (κ2) is 3.54. The molecule has 0 unspecified atom stereocenters. The van der Waals surface area contributed by atoms with Crippen LogP contribution in [-0.4, -0.2) is 5.17 Å². The van der Waals surface area contributed by atoms with Crippen LogP contribution < -0.4 is 0 Å². The van der Waals surface area contributed by atoms with Gasteiger partial charge in [-0.3, -0.25) is 0 Å². The van der Waals surface area contributed by atoms with Gasteiger partial charge in [0, 0.05) is 0 Å². The first kappa shape index (κ1) is 8.28. The highest BCUT2D eigenvalue weighted by atomic mass is 35.5. The Bertz CT molecular complexity index is 257. The average molecular weight is 168 g/mol. The highest BCUT2D eigenvalue weighted by molar-refractivity contribution is 6.65. The molecule has 2 heteroatoms. The van der Waals surface area contributed by atoms with Crippen LogP contribution in [0, 0.1) is 6.92 Å². The standard InChI is InChI=1S/C9H10ClN/c1-7-3-5-9(6-4-7)11-8(2)10/h3-6H,1-2H3. The van der Waals surface area contributed by atoms with E-state index in [0.717, 1.165) is 5.69 Å². The van der Waals surface area contributed by atoms with Crippen molar-refractivity contribution < 1.29 is 0 Å². The van der Waals surface area contributed by atoms with E-state index in [4.69, 9.17) is 11.6 Å². The molecule has 0 amide bonds. The molecule has 0 aliphatic rings. The van der Waals surface area contributed by atoms with Gasteiger partial charge in [0.25, 0.3) is 0 Å². The smallest absolute Gasteiger partial charge is 0.103 e. The summed E-state index contributed by atoms with van der Waals surface area (Å²) in [7, 11) is 0. The third kappa shape index (κ3) is 2.72.